The van der Waals surface area contributed by atoms with Crippen LogP contribution in [0.2, 0.25) is 0 Å². The van der Waals surface area contributed by atoms with Crippen LogP contribution >= 0.6 is 0 Å². The number of nitrogens with one attached hydrogen (secondary N) is 1. The van der Waals surface area contributed by atoms with Crippen LogP contribution < -0.4 is 10.1 Å². The summed E-state index contributed by atoms with van der Waals surface area (Å²) < 4.78 is 32.5. The lowest BCUT2D eigenvalue weighted by Gasteiger charge is -2.19. The van der Waals surface area contributed by atoms with Crippen LogP contribution in [-0.2, 0) is 10.0 Å². The van der Waals surface area contributed by atoms with E-state index in [0.29, 0.717) is 37.1 Å². The zero-order valence-electron chi connectivity index (χ0n) is 16.8. The summed E-state index contributed by atoms with van der Waals surface area (Å²) in [6, 6.07) is 13.3. The molecule has 0 radical (unpaired) electrons. The molecule has 2 aromatic carbocycles. The molecule has 0 aliphatic heterocycles. The number of carbonyl (C=O) groups is 1. The normalized spacial score (nSPS) is 11.6. The van der Waals surface area contributed by atoms with Crippen molar-refractivity contribution in [1.82, 2.24) is 4.31 Å². The molecule has 152 valence electrons. The minimum absolute atomic E-state index is 0.105. The van der Waals surface area contributed by atoms with E-state index in [9.17, 15) is 13.2 Å². The zero-order chi connectivity index (χ0) is 20.7. The minimum atomic E-state index is -3.63. The number of para-hydroxylation sites is 2. The van der Waals surface area contributed by atoms with E-state index < -0.39 is 15.9 Å². The van der Waals surface area contributed by atoms with Crippen LogP contribution in [0.15, 0.2) is 53.4 Å². The number of sulfonamides is 1. The van der Waals surface area contributed by atoms with Crippen molar-refractivity contribution in [3.05, 3.63) is 54.1 Å². The summed E-state index contributed by atoms with van der Waals surface area (Å²) in [6.45, 7) is 8.93. The molecule has 0 aliphatic carbocycles. The average Bonchev–Trinajstić information content (AvgIpc) is 2.68. The van der Waals surface area contributed by atoms with Crippen LogP contribution in [0.5, 0.6) is 5.75 Å². The molecule has 6 nitrogen and oxygen atoms in total. The summed E-state index contributed by atoms with van der Waals surface area (Å²) in [5.41, 5.74) is 0.817. The molecule has 1 N–H and O–H groups in total. The molecule has 0 aliphatic rings. The summed E-state index contributed by atoms with van der Waals surface area (Å²) >= 11 is 0. The van der Waals surface area contributed by atoms with Gasteiger partial charge >= 0.3 is 0 Å². The number of rotatable bonds is 9. The predicted octanol–water partition coefficient (Wildman–Crippen LogP) is 4.00. The van der Waals surface area contributed by atoms with Gasteiger partial charge in [0.1, 0.15) is 5.75 Å². The van der Waals surface area contributed by atoms with E-state index in [1.165, 1.54) is 16.4 Å². The summed E-state index contributed by atoms with van der Waals surface area (Å²) in [4.78, 5) is 12.8. The van der Waals surface area contributed by atoms with E-state index in [1.807, 2.05) is 19.9 Å². The third-order valence-corrected chi connectivity index (χ3v) is 6.19. The summed E-state index contributed by atoms with van der Waals surface area (Å²) in [5, 5.41) is 2.81. The zero-order valence-corrected chi connectivity index (χ0v) is 17.6. The topological polar surface area (TPSA) is 75.7 Å². The van der Waals surface area contributed by atoms with E-state index in [0.717, 1.165) is 0 Å². The monoisotopic (exact) mass is 404 g/mol. The van der Waals surface area contributed by atoms with E-state index >= 15 is 0 Å². The molecular formula is C21H28N2O4S. The van der Waals surface area contributed by atoms with Crippen molar-refractivity contribution in [1.29, 1.82) is 0 Å². The first-order valence-corrected chi connectivity index (χ1v) is 10.9. The molecule has 0 heterocycles. The molecule has 1 amide bonds. The maximum Gasteiger partial charge on any atom is 0.255 e. The second-order valence-corrected chi connectivity index (χ2v) is 8.71. The van der Waals surface area contributed by atoms with Crippen molar-refractivity contribution in [2.45, 2.75) is 32.6 Å². The van der Waals surface area contributed by atoms with Crippen molar-refractivity contribution < 1.29 is 17.9 Å². The first-order valence-electron chi connectivity index (χ1n) is 9.43. The molecule has 0 fully saturated rings. The summed E-state index contributed by atoms with van der Waals surface area (Å²) in [7, 11) is -3.63. The Kier molecular flexibility index (Phi) is 7.60. The third kappa shape index (κ3) is 5.33. The van der Waals surface area contributed by atoms with Gasteiger partial charge in [0.05, 0.1) is 17.2 Å². The summed E-state index contributed by atoms with van der Waals surface area (Å²) in [5.74, 6) is 0.541. The van der Waals surface area contributed by atoms with Gasteiger partial charge < -0.3 is 10.1 Å². The standard InChI is InChI=1S/C21H28N2O4S/c1-5-23(6-2)28(25,26)18-11-9-10-17(14-18)21(24)22-19-12-7-8-13-20(19)27-15-16(3)4/h7-14,16H,5-6,15H2,1-4H3,(H,22,24). The van der Waals surface area contributed by atoms with Crippen LogP contribution in [-0.4, -0.2) is 38.3 Å². The Morgan fingerprint density at radius 3 is 2.39 bits per heavy atom. The molecular weight excluding hydrogens is 376 g/mol. The molecule has 0 unspecified atom stereocenters. The Morgan fingerprint density at radius 2 is 1.75 bits per heavy atom. The molecule has 0 saturated heterocycles. The highest BCUT2D eigenvalue weighted by atomic mass is 32.2. The Hall–Kier alpha value is -2.38. The first kappa shape index (κ1) is 21.9. The van der Waals surface area contributed by atoms with Gasteiger partial charge in [-0.2, -0.15) is 4.31 Å². The van der Waals surface area contributed by atoms with Gasteiger partial charge in [0.15, 0.2) is 0 Å². The number of hydrogen-bond donors (Lipinski definition) is 1. The fraction of sp³-hybridized carbons (Fsp3) is 0.381. The summed E-state index contributed by atoms with van der Waals surface area (Å²) in [6.07, 6.45) is 0. The van der Waals surface area contributed by atoms with Gasteiger partial charge in [0.2, 0.25) is 10.0 Å². The second kappa shape index (κ2) is 9.71. The van der Waals surface area contributed by atoms with Crippen molar-refractivity contribution in [3.63, 3.8) is 0 Å². The number of nitrogens with zero attached hydrogens (tertiary/aromatic N) is 1. The van der Waals surface area contributed by atoms with Gasteiger partial charge in [-0.05, 0) is 36.2 Å². The molecule has 0 bridgehead atoms. The molecule has 0 spiro atoms. The van der Waals surface area contributed by atoms with E-state index in [4.69, 9.17) is 4.74 Å². The number of ether oxygens (including phenoxy) is 1. The lowest BCUT2D eigenvalue weighted by Crippen LogP contribution is -2.30. The fourth-order valence-corrected chi connectivity index (χ4v) is 4.16. The van der Waals surface area contributed by atoms with Crippen LogP contribution in [0, 0.1) is 5.92 Å². The maximum atomic E-state index is 12.7. The Balaban J connectivity index is 2.25. The molecule has 0 saturated carbocycles. The van der Waals surface area contributed by atoms with Crippen LogP contribution in [0.3, 0.4) is 0 Å². The van der Waals surface area contributed by atoms with E-state index in [1.54, 1.807) is 44.2 Å². The Labute approximate surface area is 167 Å². The SMILES string of the molecule is CCN(CC)S(=O)(=O)c1cccc(C(=O)Nc2ccccc2OCC(C)C)c1. The number of amides is 1. The van der Waals surface area contributed by atoms with E-state index in [-0.39, 0.29) is 10.5 Å². The molecule has 2 rings (SSSR count). The average molecular weight is 405 g/mol. The van der Waals surface area contributed by atoms with Crippen molar-refractivity contribution >= 4 is 21.6 Å². The van der Waals surface area contributed by atoms with Crippen molar-refractivity contribution in [2.75, 3.05) is 25.0 Å². The van der Waals surface area contributed by atoms with Gasteiger partial charge in [-0.3, -0.25) is 4.79 Å². The van der Waals surface area contributed by atoms with Gasteiger partial charge in [-0.15, -0.1) is 0 Å². The number of carbonyl (C=O) groups excluding carboxylic acids is 1. The van der Waals surface area contributed by atoms with Crippen molar-refractivity contribution in [3.8, 4) is 5.75 Å². The number of benzene rings is 2. The lowest BCUT2D eigenvalue weighted by molar-refractivity contribution is 0.102. The maximum absolute atomic E-state index is 12.7. The van der Waals surface area contributed by atoms with Crippen LogP contribution in [0.1, 0.15) is 38.1 Å². The smallest absolute Gasteiger partial charge is 0.255 e. The second-order valence-electron chi connectivity index (χ2n) is 6.77. The van der Waals surface area contributed by atoms with Crippen LogP contribution in [0.25, 0.3) is 0 Å². The molecule has 7 heteroatoms. The third-order valence-electron chi connectivity index (χ3n) is 4.15. The quantitative estimate of drug-likeness (QED) is 0.685. The highest BCUT2D eigenvalue weighted by Crippen LogP contribution is 2.25. The fourth-order valence-electron chi connectivity index (χ4n) is 2.66. The molecule has 0 aromatic heterocycles. The van der Waals surface area contributed by atoms with E-state index in [2.05, 4.69) is 5.32 Å². The number of hydrogen-bond acceptors (Lipinski definition) is 4. The number of anilines is 1. The molecule has 28 heavy (non-hydrogen) atoms. The Bertz CT molecular complexity index is 906. The van der Waals surface area contributed by atoms with Gasteiger partial charge in [-0.1, -0.05) is 45.9 Å². The molecule has 0 atom stereocenters. The van der Waals surface area contributed by atoms with Crippen molar-refractivity contribution in [2.24, 2.45) is 5.92 Å². The van der Waals surface area contributed by atoms with Crippen LogP contribution in [0.4, 0.5) is 5.69 Å². The van der Waals surface area contributed by atoms with Gasteiger partial charge in [0.25, 0.3) is 5.91 Å². The Morgan fingerprint density at radius 1 is 1.07 bits per heavy atom. The predicted molar refractivity (Wildman–Crippen MR) is 111 cm³/mol. The highest BCUT2D eigenvalue weighted by Gasteiger charge is 2.22. The largest absolute Gasteiger partial charge is 0.491 e. The first-order chi connectivity index (χ1) is 13.3. The van der Waals surface area contributed by atoms with Gasteiger partial charge in [-0.25, -0.2) is 8.42 Å². The lowest BCUT2D eigenvalue weighted by atomic mass is 10.2. The molecule has 2 aromatic rings. The highest BCUT2D eigenvalue weighted by molar-refractivity contribution is 7.89. The minimum Gasteiger partial charge on any atom is -0.491 e. The van der Waals surface area contributed by atoms with Gasteiger partial charge in [0, 0.05) is 18.7 Å².